The molecule has 3 heterocycles. The Balaban J connectivity index is 1.79. The van der Waals surface area contributed by atoms with Crippen LogP contribution in [0.2, 0.25) is 0 Å². The number of hydrogen-bond acceptors (Lipinski definition) is 6. The van der Waals surface area contributed by atoms with Crippen LogP contribution in [0.3, 0.4) is 0 Å². The predicted octanol–water partition coefficient (Wildman–Crippen LogP) is 1.01. The first-order chi connectivity index (χ1) is 10.7. The average Bonchev–Trinajstić information content (AvgIpc) is 3.11. The van der Waals surface area contributed by atoms with Crippen molar-refractivity contribution < 1.29 is 13.0 Å². The molecule has 0 aliphatic carbocycles. The second-order valence-electron chi connectivity index (χ2n) is 5.16. The van der Waals surface area contributed by atoms with Crippen molar-refractivity contribution in [1.29, 1.82) is 0 Å². The van der Waals surface area contributed by atoms with Gasteiger partial charge in [0.1, 0.15) is 10.4 Å². The van der Waals surface area contributed by atoms with Crippen LogP contribution in [0.25, 0.3) is 11.0 Å². The molecule has 0 spiro atoms. The van der Waals surface area contributed by atoms with Gasteiger partial charge in [-0.15, -0.1) is 0 Å². The van der Waals surface area contributed by atoms with Gasteiger partial charge in [-0.2, -0.15) is 4.31 Å². The first-order valence-corrected chi connectivity index (χ1v) is 8.31. The fraction of sp³-hybridized carbons (Fsp3) is 0.308. The molecular formula is C13H13N5O3S. The predicted molar refractivity (Wildman–Crippen MR) is 76.2 cm³/mol. The number of aryl methyl sites for hydroxylation is 1. The van der Waals surface area contributed by atoms with E-state index < -0.39 is 10.0 Å². The molecule has 1 aromatic carbocycles. The van der Waals surface area contributed by atoms with Crippen molar-refractivity contribution in [2.45, 2.75) is 24.4 Å². The normalized spacial score (nSPS) is 16.5. The summed E-state index contributed by atoms with van der Waals surface area (Å²) in [4.78, 5) is 4.20. The van der Waals surface area contributed by atoms with Gasteiger partial charge in [0.15, 0.2) is 5.52 Å². The monoisotopic (exact) mass is 319 g/mol. The zero-order chi connectivity index (χ0) is 15.2. The summed E-state index contributed by atoms with van der Waals surface area (Å²) in [5, 5.41) is 7.43. The highest BCUT2D eigenvalue weighted by atomic mass is 32.2. The number of imidazole rings is 1. The Morgan fingerprint density at radius 2 is 2.09 bits per heavy atom. The molecule has 0 atom stereocenters. The van der Waals surface area contributed by atoms with Crippen LogP contribution >= 0.6 is 0 Å². The van der Waals surface area contributed by atoms with Crippen LogP contribution in [0, 0.1) is 0 Å². The summed E-state index contributed by atoms with van der Waals surface area (Å²) in [7, 11) is -3.67. The van der Waals surface area contributed by atoms with E-state index in [1.54, 1.807) is 24.7 Å². The number of benzene rings is 1. The lowest BCUT2D eigenvalue weighted by molar-refractivity contribution is 0.315. The van der Waals surface area contributed by atoms with E-state index >= 15 is 0 Å². The number of hydrogen-bond donors (Lipinski definition) is 0. The molecule has 0 unspecified atom stereocenters. The molecule has 9 heteroatoms. The molecule has 2 aromatic heterocycles. The average molecular weight is 319 g/mol. The summed E-state index contributed by atoms with van der Waals surface area (Å²) in [5.41, 5.74) is 1.58. The van der Waals surface area contributed by atoms with Gasteiger partial charge in [0.05, 0.1) is 18.6 Å². The molecule has 0 N–H and O–H groups in total. The van der Waals surface area contributed by atoms with Crippen LogP contribution in [0.1, 0.15) is 12.1 Å². The molecule has 0 amide bonds. The molecule has 8 nitrogen and oxygen atoms in total. The molecule has 0 saturated heterocycles. The van der Waals surface area contributed by atoms with Gasteiger partial charge in [-0.25, -0.2) is 18.0 Å². The fourth-order valence-electron chi connectivity index (χ4n) is 2.69. The fourth-order valence-corrected chi connectivity index (χ4v) is 4.28. The van der Waals surface area contributed by atoms with Crippen LogP contribution in [0.5, 0.6) is 0 Å². The Morgan fingerprint density at radius 3 is 3.00 bits per heavy atom. The number of rotatable bonds is 2. The Kier molecular flexibility index (Phi) is 2.98. The third-order valence-corrected chi connectivity index (χ3v) is 5.69. The minimum Gasteiger partial charge on any atom is -0.333 e. The molecule has 114 valence electrons. The minimum atomic E-state index is -3.67. The maximum Gasteiger partial charge on any atom is 0.245 e. The van der Waals surface area contributed by atoms with E-state index in [-0.39, 0.29) is 10.4 Å². The Morgan fingerprint density at radius 1 is 1.18 bits per heavy atom. The lowest BCUT2D eigenvalue weighted by atomic mass is 10.3. The molecule has 3 aromatic rings. The first kappa shape index (κ1) is 13.4. The molecule has 22 heavy (non-hydrogen) atoms. The quantitative estimate of drug-likeness (QED) is 0.700. The van der Waals surface area contributed by atoms with Gasteiger partial charge in [-0.3, -0.25) is 0 Å². The first-order valence-electron chi connectivity index (χ1n) is 6.87. The van der Waals surface area contributed by atoms with Crippen molar-refractivity contribution in [2.75, 3.05) is 6.54 Å². The zero-order valence-electron chi connectivity index (χ0n) is 11.6. The second-order valence-corrected chi connectivity index (χ2v) is 7.06. The molecule has 0 radical (unpaired) electrons. The largest absolute Gasteiger partial charge is 0.333 e. The molecule has 0 saturated carbocycles. The summed E-state index contributed by atoms with van der Waals surface area (Å²) in [5.74, 6) is 0. The van der Waals surface area contributed by atoms with Crippen LogP contribution in [-0.4, -0.2) is 39.1 Å². The third kappa shape index (κ3) is 2.01. The lowest BCUT2D eigenvalue weighted by Crippen LogP contribution is -2.31. The van der Waals surface area contributed by atoms with E-state index in [0.717, 1.165) is 18.7 Å². The van der Waals surface area contributed by atoms with E-state index in [1.807, 2.05) is 4.57 Å². The molecule has 4 rings (SSSR count). The van der Waals surface area contributed by atoms with Gasteiger partial charge in [0.25, 0.3) is 0 Å². The minimum absolute atomic E-state index is 0.124. The second kappa shape index (κ2) is 4.89. The van der Waals surface area contributed by atoms with Crippen molar-refractivity contribution in [1.82, 2.24) is 24.2 Å². The van der Waals surface area contributed by atoms with Gasteiger partial charge in [0.2, 0.25) is 10.0 Å². The topological polar surface area (TPSA) is 94.1 Å². The van der Waals surface area contributed by atoms with E-state index in [4.69, 9.17) is 0 Å². The lowest BCUT2D eigenvalue weighted by Gasteiger charge is -2.19. The third-order valence-electron chi connectivity index (χ3n) is 3.81. The zero-order valence-corrected chi connectivity index (χ0v) is 12.4. The SMILES string of the molecule is O=S(=O)(c1cccc2nonc12)N1CCCn2cncc2C1. The van der Waals surface area contributed by atoms with E-state index in [1.165, 1.54) is 10.4 Å². The van der Waals surface area contributed by atoms with E-state index in [9.17, 15) is 8.42 Å². The highest BCUT2D eigenvalue weighted by Gasteiger charge is 2.29. The molecule has 0 bridgehead atoms. The summed E-state index contributed by atoms with van der Waals surface area (Å²) in [6.07, 6.45) is 4.16. The maximum atomic E-state index is 13.0. The van der Waals surface area contributed by atoms with Gasteiger partial charge in [-0.1, -0.05) is 6.07 Å². The van der Waals surface area contributed by atoms with Gasteiger partial charge < -0.3 is 4.57 Å². The smallest absolute Gasteiger partial charge is 0.245 e. The van der Waals surface area contributed by atoms with Crippen molar-refractivity contribution in [2.24, 2.45) is 0 Å². The van der Waals surface area contributed by atoms with Crippen molar-refractivity contribution >= 4 is 21.1 Å². The maximum absolute atomic E-state index is 13.0. The number of sulfonamides is 1. The van der Waals surface area contributed by atoms with Gasteiger partial charge >= 0.3 is 0 Å². The van der Waals surface area contributed by atoms with E-state index in [0.29, 0.717) is 18.6 Å². The molecule has 1 aliphatic rings. The molecule has 1 aliphatic heterocycles. The molecular weight excluding hydrogens is 306 g/mol. The van der Waals surface area contributed by atoms with Crippen LogP contribution < -0.4 is 0 Å². The number of fused-ring (bicyclic) bond motifs is 2. The highest BCUT2D eigenvalue weighted by molar-refractivity contribution is 7.89. The highest BCUT2D eigenvalue weighted by Crippen LogP contribution is 2.26. The number of nitrogens with zero attached hydrogens (tertiary/aromatic N) is 5. The van der Waals surface area contributed by atoms with Crippen LogP contribution in [0.15, 0.2) is 40.2 Å². The molecule has 0 fully saturated rings. The Hall–Kier alpha value is -2.26. The number of aromatic nitrogens is 4. The summed E-state index contributed by atoms with van der Waals surface area (Å²) < 4.78 is 34.0. The Bertz CT molecular complexity index is 930. The van der Waals surface area contributed by atoms with Crippen molar-refractivity contribution in [3.05, 3.63) is 36.4 Å². The van der Waals surface area contributed by atoms with Crippen LogP contribution in [0.4, 0.5) is 0 Å². The van der Waals surface area contributed by atoms with E-state index in [2.05, 4.69) is 19.9 Å². The van der Waals surface area contributed by atoms with Gasteiger partial charge in [0, 0.05) is 19.3 Å². The summed E-state index contributed by atoms with van der Waals surface area (Å²) in [6, 6.07) is 4.84. The standard InChI is InChI=1S/C13H13N5O3S/c19-22(20,12-4-1-3-11-13(12)16-21-15-11)18-6-2-5-17-9-14-7-10(17)8-18/h1,3-4,7,9H,2,5-6,8H2. The van der Waals surface area contributed by atoms with Crippen LogP contribution in [-0.2, 0) is 23.1 Å². The summed E-state index contributed by atoms with van der Waals surface area (Å²) >= 11 is 0. The van der Waals surface area contributed by atoms with Crippen molar-refractivity contribution in [3.63, 3.8) is 0 Å². The Labute approximate surface area is 126 Å². The van der Waals surface area contributed by atoms with Crippen molar-refractivity contribution in [3.8, 4) is 0 Å². The van der Waals surface area contributed by atoms with Gasteiger partial charge in [-0.05, 0) is 28.9 Å². The summed E-state index contributed by atoms with van der Waals surface area (Å²) in [6.45, 7) is 1.51.